The van der Waals surface area contributed by atoms with Crippen molar-refractivity contribution < 1.29 is 4.79 Å². The zero-order chi connectivity index (χ0) is 13.5. The second kappa shape index (κ2) is 6.99. The summed E-state index contributed by atoms with van der Waals surface area (Å²) in [6, 6.07) is 10.0. The van der Waals surface area contributed by atoms with Gasteiger partial charge in [-0.3, -0.25) is 10.2 Å². The molecule has 0 amide bonds. The molecule has 0 aliphatic heterocycles. The molecule has 5 heteroatoms. The quantitative estimate of drug-likeness (QED) is 0.655. The molecule has 100 valence electrons. The maximum absolute atomic E-state index is 11.3. The molecular formula is C14H17N3OS. The van der Waals surface area contributed by atoms with Crippen molar-refractivity contribution in [2.45, 2.75) is 32.2 Å². The van der Waals surface area contributed by atoms with Gasteiger partial charge in [0.15, 0.2) is 5.11 Å². The number of Topliss-reactive ketones (excluding diaryl/α,β-unsaturated/α-hetero) is 1. The van der Waals surface area contributed by atoms with Crippen molar-refractivity contribution in [2.24, 2.45) is 5.10 Å². The summed E-state index contributed by atoms with van der Waals surface area (Å²) in [7, 11) is 0. The minimum atomic E-state index is 0.259. The van der Waals surface area contributed by atoms with Crippen LogP contribution in [0.4, 0.5) is 0 Å². The molecule has 0 aromatic heterocycles. The van der Waals surface area contributed by atoms with E-state index in [0.29, 0.717) is 24.5 Å². The molecule has 1 saturated carbocycles. The molecule has 1 aliphatic carbocycles. The van der Waals surface area contributed by atoms with Gasteiger partial charge < -0.3 is 5.32 Å². The highest BCUT2D eigenvalue weighted by Gasteiger charge is 2.14. The summed E-state index contributed by atoms with van der Waals surface area (Å²) < 4.78 is 0. The molecule has 0 radical (unpaired) electrons. The maximum atomic E-state index is 11.3. The Labute approximate surface area is 118 Å². The normalized spacial score (nSPS) is 17.3. The van der Waals surface area contributed by atoms with Gasteiger partial charge in [0.1, 0.15) is 5.78 Å². The van der Waals surface area contributed by atoms with E-state index in [2.05, 4.69) is 15.8 Å². The van der Waals surface area contributed by atoms with Gasteiger partial charge in [0, 0.05) is 25.1 Å². The van der Waals surface area contributed by atoms with E-state index in [9.17, 15) is 4.79 Å². The number of rotatable bonds is 3. The minimum absolute atomic E-state index is 0.259. The van der Waals surface area contributed by atoms with E-state index in [0.717, 1.165) is 24.1 Å². The second-order valence-corrected chi connectivity index (χ2v) is 4.94. The van der Waals surface area contributed by atoms with Gasteiger partial charge in [-0.25, -0.2) is 0 Å². The molecule has 0 atom stereocenters. The molecule has 1 fully saturated rings. The SMILES string of the molecule is O=C1CCC/C(=N\NC(=S)NCc2ccccc2)C1. The second-order valence-electron chi connectivity index (χ2n) is 4.53. The smallest absolute Gasteiger partial charge is 0.187 e. The highest BCUT2D eigenvalue weighted by molar-refractivity contribution is 7.80. The molecule has 2 rings (SSSR count). The van der Waals surface area contributed by atoms with Gasteiger partial charge in [0.05, 0.1) is 0 Å². The Morgan fingerprint density at radius 2 is 2.05 bits per heavy atom. The number of carbonyl (C=O) groups is 1. The van der Waals surface area contributed by atoms with Crippen molar-refractivity contribution in [3.63, 3.8) is 0 Å². The van der Waals surface area contributed by atoms with Gasteiger partial charge in [-0.2, -0.15) is 5.10 Å². The number of carbonyl (C=O) groups excluding carboxylic acids is 1. The van der Waals surface area contributed by atoms with Crippen LogP contribution in [0.3, 0.4) is 0 Å². The first-order chi connectivity index (χ1) is 9.24. The molecule has 0 heterocycles. The fourth-order valence-electron chi connectivity index (χ4n) is 1.94. The Morgan fingerprint density at radius 1 is 1.26 bits per heavy atom. The molecule has 2 N–H and O–H groups in total. The zero-order valence-corrected chi connectivity index (χ0v) is 11.5. The predicted octanol–water partition coefficient (Wildman–Crippen LogP) is 2.15. The van der Waals surface area contributed by atoms with Gasteiger partial charge in [-0.1, -0.05) is 30.3 Å². The fraction of sp³-hybridized carbons (Fsp3) is 0.357. The van der Waals surface area contributed by atoms with Crippen LogP contribution < -0.4 is 10.7 Å². The maximum Gasteiger partial charge on any atom is 0.187 e. The topological polar surface area (TPSA) is 53.5 Å². The standard InChI is InChI=1S/C14H17N3OS/c18-13-8-4-7-12(9-13)16-17-14(19)15-10-11-5-2-1-3-6-11/h1-3,5-6H,4,7-10H2,(H2,15,17,19)/b16-12+. The van der Waals surface area contributed by atoms with E-state index in [1.54, 1.807) is 0 Å². The Balaban J connectivity index is 1.75. The zero-order valence-electron chi connectivity index (χ0n) is 10.7. The minimum Gasteiger partial charge on any atom is -0.357 e. The Bertz CT molecular complexity index is 485. The van der Waals surface area contributed by atoms with Crippen LogP contribution in [0.15, 0.2) is 35.4 Å². The fourth-order valence-corrected chi connectivity index (χ4v) is 2.05. The number of benzene rings is 1. The highest BCUT2D eigenvalue weighted by Crippen LogP contribution is 2.11. The number of hydrogen-bond acceptors (Lipinski definition) is 3. The van der Waals surface area contributed by atoms with Crippen LogP contribution in [0, 0.1) is 0 Å². The van der Waals surface area contributed by atoms with Crippen molar-refractivity contribution >= 4 is 28.8 Å². The lowest BCUT2D eigenvalue weighted by Gasteiger charge is -2.12. The lowest BCUT2D eigenvalue weighted by Crippen LogP contribution is -2.32. The van der Waals surface area contributed by atoms with Crippen LogP contribution in [0.2, 0.25) is 0 Å². The summed E-state index contributed by atoms with van der Waals surface area (Å²) >= 11 is 5.14. The molecule has 0 saturated heterocycles. The van der Waals surface area contributed by atoms with Crippen LogP contribution in [0.1, 0.15) is 31.2 Å². The first-order valence-electron chi connectivity index (χ1n) is 6.39. The summed E-state index contributed by atoms with van der Waals surface area (Å²) in [6.07, 6.45) is 2.90. The summed E-state index contributed by atoms with van der Waals surface area (Å²) in [5.74, 6) is 0.259. The molecular weight excluding hydrogens is 258 g/mol. The van der Waals surface area contributed by atoms with Crippen molar-refractivity contribution in [3.8, 4) is 0 Å². The molecule has 0 bridgehead atoms. The Morgan fingerprint density at radius 3 is 2.79 bits per heavy atom. The lowest BCUT2D eigenvalue weighted by molar-refractivity contribution is -0.118. The average molecular weight is 275 g/mol. The summed E-state index contributed by atoms with van der Waals surface area (Å²) in [4.78, 5) is 11.3. The van der Waals surface area contributed by atoms with Crippen molar-refractivity contribution in [1.82, 2.24) is 10.7 Å². The molecule has 4 nitrogen and oxygen atoms in total. The third-order valence-electron chi connectivity index (χ3n) is 2.93. The van der Waals surface area contributed by atoms with Gasteiger partial charge in [-0.05, 0) is 30.6 Å². The lowest BCUT2D eigenvalue weighted by atomic mass is 9.97. The molecule has 0 unspecified atom stereocenters. The number of thiocarbonyl (C=S) groups is 1. The largest absolute Gasteiger partial charge is 0.357 e. The van der Waals surface area contributed by atoms with Gasteiger partial charge in [-0.15, -0.1) is 0 Å². The Hall–Kier alpha value is -1.75. The number of ketones is 1. The van der Waals surface area contributed by atoms with E-state index < -0.39 is 0 Å². The number of hydrogen-bond donors (Lipinski definition) is 2. The molecule has 1 aromatic rings. The van der Waals surface area contributed by atoms with Gasteiger partial charge >= 0.3 is 0 Å². The average Bonchev–Trinajstić information content (AvgIpc) is 2.44. The van der Waals surface area contributed by atoms with E-state index in [1.807, 2.05) is 30.3 Å². The van der Waals surface area contributed by atoms with Crippen molar-refractivity contribution in [1.29, 1.82) is 0 Å². The summed E-state index contributed by atoms with van der Waals surface area (Å²) in [5, 5.41) is 7.75. The number of hydrazone groups is 1. The van der Waals surface area contributed by atoms with Crippen LogP contribution >= 0.6 is 12.2 Å². The monoisotopic (exact) mass is 275 g/mol. The summed E-state index contributed by atoms with van der Waals surface area (Å²) in [5.41, 5.74) is 4.85. The molecule has 0 spiro atoms. The van der Waals surface area contributed by atoms with Crippen LogP contribution in [0.5, 0.6) is 0 Å². The number of nitrogens with one attached hydrogen (secondary N) is 2. The van der Waals surface area contributed by atoms with E-state index >= 15 is 0 Å². The summed E-state index contributed by atoms with van der Waals surface area (Å²) in [6.45, 7) is 0.663. The molecule has 1 aromatic carbocycles. The highest BCUT2D eigenvalue weighted by atomic mass is 32.1. The van der Waals surface area contributed by atoms with Gasteiger partial charge in [0.2, 0.25) is 0 Å². The van der Waals surface area contributed by atoms with Gasteiger partial charge in [0.25, 0.3) is 0 Å². The molecule has 1 aliphatic rings. The number of nitrogens with zero attached hydrogens (tertiary/aromatic N) is 1. The van der Waals surface area contributed by atoms with Crippen molar-refractivity contribution in [2.75, 3.05) is 0 Å². The van der Waals surface area contributed by atoms with E-state index in [-0.39, 0.29) is 5.78 Å². The third-order valence-corrected chi connectivity index (χ3v) is 3.17. The third kappa shape index (κ3) is 4.79. The van der Waals surface area contributed by atoms with Crippen LogP contribution in [0.25, 0.3) is 0 Å². The first-order valence-corrected chi connectivity index (χ1v) is 6.80. The van der Waals surface area contributed by atoms with Crippen LogP contribution in [-0.4, -0.2) is 16.6 Å². The Kier molecular flexibility index (Phi) is 5.03. The first kappa shape index (κ1) is 13.7. The van der Waals surface area contributed by atoms with E-state index in [1.165, 1.54) is 0 Å². The predicted molar refractivity (Wildman–Crippen MR) is 79.9 cm³/mol. The molecule has 19 heavy (non-hydrogen) atoms. The van der Waals surface area contributed by atoms with Crippen molar-refractivity contribution in [3.05, 3.63) is 35.9 Å². The van der Waals surface area contributed by atoms with Crippen LogP contribution in [-0.2, 0) is 11.3 Å². The van der Waals surface area contributed by atoms with E-state index in [4.69, 9.17) is 12.2 Å².